The number of β-amino-alcohol motifs (C(OH)–C–C–N with tert-alkyl or cyclic N) is 1. The molecule has 9 heterocycles. The van der Waals surface area contributed by atoms with E-state index in [9.17, 15) is 23.9 Å². The van der Waals surface area contributed by atoms with Crippen LogP contribution in [0.2, 0.25) is 0 Å². The molecular formula is C62H69F3N10O8S. The molecule has 22 heteroatoms. The Morgan fingerprint density at radius 3 is 2.43 bits per heavy atom. The van der Waals surface area contributed by atoms with Gasteiger partial charge in [-0.15, -0.1) is 11.3 Å². The number of thiazole rings is 1. The van der Waals surface area contributed by atoms with Crippen LogP contribution in [0.4, 0.5) is 23.8 Å². The zero-order valence-corrected chi connectivity index (χ0v) is 48.9. The number of aliphatic hydroxyl groups excluding tert-OH is 1. The number of hydrogen-bond acceptors (Lipinski definition) is 16. The largest absolute Gasteiger partial charge is 0.474 e. The Balaban J connectivity index is 0.742. The van der Waals surface area contributed by atoms with Crippen LogP contribution in [0, 0.1) is 30.3 Å². The predicted molar refractivity (Wildman–Crippen MR) is 309 cm³/mol. The average Bonchev–Trinajstić information content (AvgIpc) is 2.86. The maximum atomic E-state index is 17.4. The van der Waals surface area contributed by atoms with Gasteiger partial charge in [0, 0.05) is 55.3 Å². The Labute approximate surface area is 488 Å². The summed E-state index contributed by atoms with van der Waals surface area (Å²) in [4.78, 5) is 69.2. The number of piperazine rings is 1. The van der Waals surface area contributed by atoms with Crippen LogP contribution < -0.4 is 19.7 Å². The number of nitrogens with zero attached hydrogens (tertiary/aromatic N) is 9. The number of pyridine rings is 1. The van der Waals surface area contributed by atoms with Crippen LogP contribution in [0.15, 0.2) is 76.9 Å². The van der Waals surface area contributed by atoms with Crippen molar-refractivity contribution in [3.05, 3.63) is 107 Å². The Hall–Kier alpha value is -7.43. The molecule has 3 amide bonds. The number of rotatable bonds is 15. The summed E-state index contributed by atoms with van der Waals surface area (Å²) in [6.07, 6.45) is 4.98. The van der Waals surface area contributed by atoms with Crippen molar-refractivity contribution >= 4 is 56.7 Å². The summed E-state index contributed by atoms with van der Waals surface area (Å²) >= 11 is 1.57. The third-order valence-corrected chi connectivity index (χ3v) is 18.5. The standard InChI is InChI=1S/C62H69F3N10O8S/c1-33(2)49(58(78)73-29-42(76)24-46(73)57(77)68-34(3)36-12-14-38(15-13-36)55-35(4)67-32-84-55)47-25-48(71-83-47)80-30-41-20-22-62(21-9-23-74(41)62)31-81-59-69-54-44(26-66-53(52(54)65)43-11-8-10-37-16-19-45(63)51(64)50(37)43)56(70-59)72-27-39-17-18-40(28-72)75(39)60(79)82-61(5,6)7/h8,10-16,19,25-26,32-34,39-42,46,49,76H,9,17-18,20-24,27-31H2,1-7H3,(H,68,77)/t34-,39?,40?,41-,42+,46-,49?,62-/m0/s1. The van der Waals surface area contributed by atoms with E-state index < -0.39 is 46.7 Å². The van der Waals surface area contributed by atoms with E-state index in [1.165, 1.54) is 23.2 Å². The number of carbonyl (C=O) groups is 3. The van der Waals surface area contributed by atoms with Gasteiger partial charge in [-0.05, 0) is 113 Å². The van der Waals surface area contributed by atoms with Crippen molar-refractivity contribution in [1.82, 2.24) is 45.1 Å². The van der Waals surface area contributed by atoms with Gasteiger partial charge in [0.2, 0.25) is 11.8 Å². The van der Waals surface area contributed by atoms with E-state index in [-0.39, 0.29) is 114 Å². The highest BCUT2D eigenvalue weighted by Crippen LogP contribution is 2.45. The van der Waals surface area contributed by atoms with Gasteiger partial charge >= 0.3 is 12.1 Å². The molecule has 5 aliphatic heterocycles. The maximum absolute atomic E-state index is 17.4. The Bertz CT molecular complexity index is 3640. The first kappa shape index (κ1) is 57.0. The van der Waals surface area contributed by atoms with Crippen LogP contribution >= 0.6 is 11.3 Å². The van der Waals surface area contributed by atoms with Gasteiger partial charge < -0.3 is 39.0 Å². The first-order chi connectivity index (χ1) is 40.2. The molecule has 0 saturated carbocycles. The van der Waals surface area contributed by atoms with Crippen molar-refractivity contribution in [3.8, 4) is 33.6 Å². The van der Waals surface area contributed by atoms with E-state index in [0.29, 0.717) is 29.7 Å². The molecule has 5 fully saturated rings. The van der Waals surface area contributed by atoms with Gasteiger partial charge in [-0.3, -0.25) is 24.4 Å². The lowest BCUT2D eigenvalue weighted by Crippen LogP contribution is -2.57. The molecule has 0 spiro atoms. The third kappa shape index (κ3) is 10.8. The monoisotopic (exact) mass is 1170 g/mol. The van der Waals surface area contributed by atoms with Crippen LogP contribution in [0.5, 0.6) is 11.9 Å². The number of aryl methyl sites for hydroxylation is 1. The zero-order valence-electron chi connectivity index (χ0n) is 48.1. The zero-order chi connectivity index (χ0) is 58.9. The minimum absolute atomic E-state index is 0.00563. The van der Waals surface area contributed by atoms with Gasteiger partial charge in [0.05, 0.1) is 51.2 Å². The highest BCUT2D eigenvalue weighted by atomic mass is 32.1. The van der Waals surface area contributed by atoms with Crippen LogP contribution in [-0.2, 0) is 14.3 Å². The van der Waals surface area contributed by atoms with Gasteiger partial charge in [-0.25, -0.2) is 22.9 Å². The number of amides is 3. The van der Waals surface area contributed by atoms with Gasteiger partial charge in [0.1, 0.15) is 47.8 Å². The number of ether oxygens (including phenoxy) is 3. The highest BCUT2D eigenvalue weighted by molar-refractivity contribution is 7.13. The summed E-state index contributed by atoms with van der Waals surface area (Å²) in [5.74, 6) is -3.95. The fourth-order valence-electron chi connectivity index (χ4n) is 13.5. The van der Waals surface area contributed by atoms with E-state index >= 15 is 8.78 Å². The lowest BCUT2D eigenvalue weighted by Gasteiger charge is -2.42. The molecule has 84 heavy (non-hydrogen) atoms. The number of aliphatic hydroxyl groups is 1. The lowest BCUT2D eigenvalue weighted by molar-refractivity contribution is -0.141. The molecule has 8 atom stereocenters. The van der Waals surface area contributed by atoms with Crippen molar-refractivity contribution in [2.75, 3.05) is 44.3 Å². The number of fused-ring (bicyclic) bond motifs is 5. The number of halogens is 3. The molecule has 5 aliphatic rings. The Kier molecular flexibility index (Phi) is 15.3. The number of carbonyl (C=O) groups excluding carboxylic acids is 3. The Morgan fingerprint density at radius 2 is 1.70 bits per heavy atom. The van der Waals surface area contributed by atoms with Crippen molar-refractivity contribution in [3.63, 3.8) is 0 Å². The first-order valence-corrected chi connectivity index (χ1v) is 29.9. The van der Waals surface area contributed by atoms with Gasteiger partial charge in [-0.1, -0.05) is 62.4 Å². The van der Waals surface area contributed by atoms with Crippen LogP contribution in [0.3, 0.4) is 0 Å². The molecule has 5 saturated heterocycles. The maximum Gasteiger partial charge on any atom is 0.410 e. The number of aromatic nitrogens is 5. The molecule has 2 bridgehead atoms. The summed E-state index contributed by atoms with van der Waals surface area (Å²) in [5.41, 5.74) is 3.35. The van der Waals surface area contributed by atoms with Gasteiger partial charge in [0.25, 0.3) is 5.88 Å². The Morgan fingerprint density at radius 1 is 0.929 bits per heavy atom. The van der Waals surface area contributed by atoms with E-state index in [0.717, 1.165) is 72.8 Å². The smallest absolute Gasteiger partial charge is 0.410 e. The minimum Gasteiger partial charge on any atom is -0.474 e. The van der Waals surface area contributed by atoms with E-state index in [1.807, 2.05) is 88.0 Å². The van der Waals surface area contributed by atoms with Crippen LogP contribution in [0.25, 0.3) is 43.4 Å². The van der Waals surface area contributed by atoms with Crippen LogP contribution in [0.1, 0.15) is 115 Å². The second-order valence-corrected chi connectivity index (χ2v) is 25.4. The molecule has 3 aromatic carbocycles. The average molecular weight is 1170 g/mol. The fraction of sp³-hybridized carbons (Fsp3) is 0.484. The van der Waals surface area contributed by atoms with Crippen LogP contribution in [-0.4, -0.2) is 144 Å². The molecule has 2 N–H and O–H groups in total. The summed E-state index contributed by atoms with van der Waals surface area (Å²) in [7, 11) is 0. The molecule has 3 unspecified atom stereocenters. The van der Waals surface area contributed by atoms with Gasteiger partial charge in [-0.2, -0.15) is 9.97 Å². The number of hydrogen-bond donors (Lipinski definition) is 2. The summed E-state index contributed by atoms with van der Waals surface area (Å²) < 4.78 is 72.3. The molecule has 7 aromatic rings. The second kappa shape index (κ2) is 22.5. The van der Waals surface area contributed by atoms with Gasteiger partial charge in [0.15, 0.2) is 23.2 Å². The van der Waals surface area contributed by atoms with Crippen molar-refractivity contribution in [1.29, 1.82) is 0 Å². The molecule has 4 aromatic heterocycles. The summed E-state index contributed by atoms with van der Waals surface area (Å²) in [5, 5.41) is 18.7. The highest BCUT2D eigenvalue weighted by Gasteiger charge is 2.51. The van der Waals surface area contributed by atoms with Crippen molar-refractivity contribution < 1.29 is 51.4 Å². The van der Waals surface area contributed by atoms with E-state index in [4.69, 9.17) is 28.7 Å². The lowest BCUT2D eigenvalue weighted by atomic mass is 9.91. The number of nitrogens with one attached hydrogen (secondary N) is 1. The number of likely N-dealkylation sites (tertiary alicyclic amines) is 1. The first-order valence-electron chi connectivity index (χ1n) is 29.0. The number of anilines is 1. The van der Waals surface area contributed by atoms with Crippen molar-refractivity contribution in [2.45, 2.75) is 147 Å². The molecule has 18 nitrogen and oxygen atoms in total. The molecule has 12 rings (SSSR count). The van der Waals surface area contributed by atoms with Crippen molar-refractivity contribution in [2.24, 2.45) is 5.92 Å². The van der Waals surface area contributed by atoms with E-state index in [2.05, 4.69) is 25.3 Å². The quantitative estimate of drug-likeness (QED) is 0.0981. The normalized spacial score (nSPS) is 23.2. The molecular weight excluding hydrogens is 1100 g/mol. The summed E-state index contributed by atoms with van der Waals surface area (Å²) in [6, 6.07) is 15.0. The fourth-order valence-corrected chi connectivity index (χ4v) is 14.3. The number of benzene rings is 3. The van der Waals surface area contributed by atoms with E-state index in [1.54, 1.807) is 29.5 Å². The second-order valence-electron chi connectivity index (χ2n) is 24.6. The third-order valence-electron chi connectivity index (χ3n) is 17.5. The summed E-state index contributed by atoms with van der Waals surface area (Å²) in [6.45, 7) is 15.1. The molecule has 0 aliphatic carbocycles. The topological polar surface area (TPSA) is 202 Å². The predicted octanol–water partition coefficient (Wildman–Crippen LogP) is 10.3. The SMILES string of the molecule is Cc1ncsc1-c1ccc([C@H](C)NC(=O)[C@@H]2C[C@@H](O)CN2C(=O)C(c2cc(OC[C@@H]3CC[C@]4(COc5nc(N6CC7CCC(C6)N7C(=O)OC(C)(C)C)c6cnc(-c7cccc8ccc(F)c(F)c78)c(F)c6n5)CCCN34)no2)C(C)C)cc1. The molecule has 442 valence electrons. The molecule has 0 radical (unpaired) electrons. The minimum atomic E-state index is -1.11.